The van der Waals surface area contributed by atoms with E-state index in [2.05, 4.69) is 10.2 Å². The Morgan fingerprint density at radius 1 is 1.06 bits per heavy atom. The van der Waals surface area contributed by atoms with Gasteiger partial charge in [-0.25, -0.2) is 13.2 Å². The molecule has 2 bridgehead atoms. The molecule has 0 aromatic heterocycles. The van der Waals surface area contributed by atoms with Gasteiger partial charge in [0.25, 0.3) is 0 Å². The molecule has 1 N–H and O–H groups in total. The van der Waals surface area contributed by atoms with Gasteiger partial charge < -0.3 is 10.2 Å². The van der Waals surface area contributed by atoms with Crippen molar-refractivity contribution in [3.63, 3.8) is 0 Å². The van der Waals surface area contributed by atoms with Crippen molar-refractivity contribution in [2.75, 3.05) is 25.0 Å². The van der Waals surface area contributed by atoms with Crippen LogP contribution in [0.1, 0.15) is 12.8 Å². The minimum Gasteiger partial charge on any atom is -0.378 e. The van der Waals surface area contributed by atoms with Gasteiger partial charge in [-0.3, -0.25) is 0 Å². The zero-order valence-electron chi connectivity index (χ0n) is 9.93. The van der Waals surface area contributed by atoms with E-state index >= 15 is 0 Å². The maximum atomic E-state index is 13.6. The summed E-state index contributed by atoms with van der Waals surface area (Å²) in [6.45, 7) is 3.02. The molecule has 0 radical (unpaired) electrons. The first-order valence-electron chi connectivity index (χ1n) is 6.27. The number of rotatable bonds is 2. The molecule has 0 amide bonds. The van der Waals surface area contributed by atoms with Crippen LogP contribution in [0, 0.1) is 23.4 Å². The van der Waals surface area contributed by atoms with Crippen molar-refractivity contribution in [2.24, 2.45) is 5.92 Å². The quantitative estimate of drug-likeness (QED) is 0.818. The standard InChI is InChI=1S/C13H15F3N2/c14-9-1-2-10(13(16)12(9)15)17-11-7-18-5-3-8(11)4-6-18/h1-2,8,11,17H,3-7H2. The van der Waals surface area contributed by atoms with Crippen molar-refractivity contribution in [1.82, 2.24) is 4.90 Å². The molecule has 5 heteroatoms. The Hall–Kier alpha value is -1.23. The molecular formula is C13H15F3N2. The highest BCUT2D eigenvalue weighted by Gasteiger charge is 2.34. The van der Waals surface area contributed by atoms with Crippen LogP contribution in [0.2, 0.25) is 0 Å². The topological polar surface area (TPSA) is 15.3 Å². The maximum absolute atomic E-state index is 13.6. The molecule has 0 aliphatic carbocycles. The molecule has 3 aliphatic rings. The first kappa shape index (κ1) is 11.8. The van der Waals surface area contributed by atoms with E-state index < -0.39 is 17.5 Å². The fourth-order valence-electron chi connectivity index (χ4n) is 2.97. The van der Waals surface area contributed by atoms with Gasteiger partial charge >= 0.3 is 0 Å². The van der Waals surface area contributed by atoms with Crippen LogP contribution in [0.5, 0.6) is 0 Å². The second-order valence-electron chi connectivity index (χ2n) is 5.11. The molecule has 1 atom stereocenters. The van der Waals surface area contributed by atoms with Crippen LogP contribution in [0.15, 0.2) is 12.1 Å². The van der Waals surface area contributed by atoms with E-state index in [4.69, 9.17) is 0 Å². The number of hydrogen-bond acceptors (Lipinski definition) is 2. The summed E-state index contributed by atoms with van der Waals surface area (Å²) in [5.74, 6) is -3.16. The molecule has 1 unspecified atom stereocenters. The summed E-state index contributed by atoms with van der Waals surface area (Å²) in [4.78, 5) is 2.31. The lowest BCUT2D eigenvalue weighted by atomic mass is 9.84. The van der Waals surface area contributed by atoms with Crippen molar-refractivity contribution in [3.05, 3.63) is 29.6 Å². The first-order valence-corrected chi connectivity index (χ1v) is 6.27. The van der Waals surface area contributed by atoms with Crippen LogP contribution in [-0.4, -0.2) is 30.6 Å². The number of benzene rings is 1. The van der Waals surface area contributed by atoms with Crippen molar-refractivity contribution >= 4 is 5.69 Å². The van der Waals surface area contributed by atoms with Gasteiger partial charge in [-0.15, -0.1) is 0 Å². The third-order valence-electron chi connectivity index (χ3n) is 4.03. The summed E-state index contributed by atoms with van der Waals surface area (Å²) in [5, 5.41) is 3.03. The third kappa shape index (κ3) is 1.96. The SMILES string of the molecule is Fc1ccc(NC2CN3CCC2CC3)c(F)c1F. The predicted octanol–water partition coefficient (Wildman–Crippen LogP) is 2.61. The summed E-state index contributed by atoms with van der Waals surface area (Å²) in [6, 6.07) is 2.36. The van der Waals surface area contributed by atoms with Gasteiger partial charge in [0.05, 0.1) is 5.69 Å². The van der Waals surface area contributed by atoms with Crippen molar-refractivity contribution in [3.8, 4) is 0 Å². The molecule has 2 nitrogen and oxygen atoms in total. The number of hydrogen-bond donors (Lipinski definition) is 1. The van der Waals surface area contributed by atoms with Crippen LogP contribution in [-0.2, 0) is 0 Å². The van der Waals surface area contributed by atoms with E-state index in [1.165, 1.54) is 6.07 Å². The molecule has 0 saturated carbocycles. The third-order valence-corrected chi connectivity index (χ3v) is 4.03. The molecule has 3 heterocycles. The highest BCUT2D eigenvalue weighted by Crippen LogP contribution is 2.30. The Morgan fingerprint density at radius 3 is 2.39 bits per heavy atom. The van der Waals surface area contributed by atoms with E-state index in [1.54, 1.807) is 0 Å². The van der Waals surface area contributed by atoms with Crippen molar-refractivity contribution < 1.29 is 13.2 Å². The second kappa shape index (κ2) is 4.46. The van der Waals surface area contributed by atoms with Gasteiger partial charge in [0.1, 0.15) is 0 Å². The van der Waals surface area contributed by atoms with E-state index in [0.717, 1.165) is 38.5 Å². The Bertz CT molecular complexity index is 456. The van der Waals surface area contributed by atoms with E-state index in [9.17, 15) is 13.2 Å². The van der Waals surface area contributed by atoms with Crippen LogP contribution in [0.4, 0.5) is 18.9 Å². The molecule has 1 aromatic carbocycles. The minimum absolute atomic E-state index is 0.0626. The second-order valence-corrected chi connectivity index (χ2v) is 5.11. The molecule has 4 rings (SSSR count). The van der Waals surface area contributed by atoms with Gasteiger partial charge in [0.15, 0.2) is 17.5 Å². The van der Waals surface area contributed by atoms with Gasteiger partial charge in [-0.05, 0) is 44.0 Å². The van der Waals surface area contributed by atoms with E-state index in [-0.39, 0.29) is 11.7 Å². The van der Waals surface area contributed by atoms with Gasteiger partial charge in [-0.1, -0.05) is 0 Å². The molecular weight excluding hydrogens is 241 g/mol. The molecule has 1 aromatic rings. The first-order chi connectivity index (χ1) is 8.65. The number of piperidine rings is 3. The Balaban J connectivity index is 1.79. The average molecular weight is 256 g/mol. The maximum Gasteiger partial charge on any atom is 0.196 e. The predicted molar refractivity (Wildman–Crippen MR) is 62.9 cm³/mol. The fraction of sp³-hybridized carbons (Fsp3) is 0.538. The summed E-state index contributed by atoms with van der Waals surface area (Å²) in [7, 11) is 0. The molecule has 18 heavy (non-hydrogen) atoms. The summed E-state index contributed by atoms with van der Waals surface area (Å²) in [6.07, 6.45) is 2.17. The molecule has 3 saturated heterocycles. The monoisotopic (exact) mass is 256 g/mol. The molecule has 0 spiro atoms. The summed E-state index contributed by atoms with van der Waals surface area (Å²) >= 11 is 0. The largest absolute Gasteiger partial charge is 0.378 e. The van der Waals surface area contributed by atoms with E-state index in [0.29, 0.717) is 5.92 Å². The lowest BCUT2D eigenvalue weighted by molar-refractivity contribution is 0.0973. The van der Waals surface area contributed by atoms with Crippen LogP contribution in [0.25, 0.3) is 0 Å². The number of nitrogens with zero attached hydrogens (tertiary/aromatic N) is 1. The highest BCUT2D eigenvalue weighted by molar-refractivity contribution is 5.46. The molecule has 98 valence electrons. The van der Waals surface area contributed by atoms with E-state index in [1.807, 2.05) is 0 Å². The zero-order chi connectivity index (χ0) is 12.7. The number of fused-ring (bicyclic) bond motifs is 3. The van der Waals surface area contributed by atoms with Gasteiger partial charge in [0.2, 0.25) is 0 Å². The van der Waals surface area contributed by atoms with Gasteiger partial charge in [-0.2, -0.15) is 0 Å². The molecule has 3 fully saturated rings. The minimum atomic E-state index is -1.40. The van der Waals surface area contributed by atoms with Crippen LogP contribution in [0.3, 0.4) is 0 Å². The Kier molecular flexibility index (Phi) is 2.93. The lowest BCUT2D eigenvalue weighted by Crippen LogP contribution is -2.53. The smallest absolute Gasteiger partial charge is 0.196 e. The number of anilines is 1. The normalized spacial score (nSPS) is 30.5. The van der Waals surface area contributed by atoms with Crippen molar-refractivity contribution in [2.45, 2.75) is 18.9 Å². The van der Waals surface area contributed by atoms with Gasteiger partial charge in [0, 0.05) is 12.6 Å². The van der Waals surface area contributed by atoms with Crippen LogP contribution < -0.4 is 5.32 Å². The fourth-order valence-corrected chi connectivity index (χ4v) is 2.97. The highest BCUT2D eigenvalue weighted by atomic mass is 19.2. The van der Waals surface area contributed by atoms with Crippen LogP contribution >= 0.6 is 0 Å². The van der Waals surface area contributed by atoms with Crippen molar-refractivity contribution in [1.29, 1.82) is 0 Å². The average Bonchev–Trinajstić information content (AvgIpc) is 2.41. The Labute approximate surface area is 104 Å². The number of nitrogens with one attached hydrogen (secondary N) is 1. The summed E-state index contributed by atoms with van der Waals surface area (Å²) < 4.78 is 39.5. The lowest BCUT2D eigenvalue weighted by Gasteiger charge is -2.45. The zero-order valence-corrected chi connectivity index (χ0v) is 9.93. The Morgan fingerprint density at radius 2 is 1.78 bits per heavy atom. The molecule has 3 aliphatic heterocycles. The number of halogens is 3. The summed E-state index contributed by atoms with van der Waals surface area (Å²) in [5.41, 5.74) is 0.0626.